The first-order chi connectivity index (χ1) is 6.84. The quantitative estimate of drug-likeness (QED) is 0.686. The van der Waals surface area contributed by atoms with Crippen LogP contribution in [-0.4, -0.2) is 41.2 Å². The smallest absolute Gasteiger partial charge is 0.132 e. The maximum absolute atomic E-state index is 5.77. The molecular formula is C9H12ClN3O. The summed E-state index contributed by atoms with van der Waals surface area (Å²) in [6.45, 7) is 4.35. The lowest BCUT2D eigenvalue weighted by Crippen LogP contribution is -2.35. The first-order valence-corrected chi connectivity index (χ1v) is 4.99. The van der Waals surface area contributed by atoms with Gasteiger partial charge in [0.05, 0.1) is 18.9 Å². The van der Waals surface area contributed by atoms with E-state index in [9.17, 15) is 0 Å². The van der Waals surface area contributed by atoms with Gasteiger partial charge in [0.1, 0.15) is 11.5 Å². The third-order valence-corrected chi connectivity index (χ3v) is 2.39. The van der Waals surface area contributed by atoms with E-state index in [1.54, 1.807) is 6.07 Å². The van der Waals surface area contributed by atoms with E-state index < -0.39 is 0 Å². The standard InChI is InChI=1S/C9H12ClN3O/c10-9-5-8(11-7-12-9)6-13-1-3-14-4-2-13/h5,7H,1-4,6H2. The van der Waals surface area contributed by atoms with Crippen LogP contribution in [0.15, 0.2) is 12.4 Å². The molecule has 0 unspecified atom stereocenters. The van der Waals surface area contributed by atoms with Gasteiger partial charge in [0.2, 0.25) is 0 Å². The molecule has 2 rings (SSSR count). The highest BCUT2D eigenvalue weighted by molar-refractivity contribution is 6.29. The number of hydrogen-bond donors (Lipinski definition) is 0. The molecule has 1 aliphatic rings. The van der Waals surface area contributed by atoms with Crippen molar-refractivity contribution in [2.24, 2.45) is 0 Å². The molecule has 2 heterocycles. The molecule has 1 aromatic rings. The Morgan fingerprint density at radius 1 is 1.36 bits per heavy atom. The number of halogens is 1. The highest BCUT2D eigenvalue weighted by Gasteiger charge is 2.11. The van der Waals surface area contributed by atoms with Crippen molar-refractivity contribution in [1.29, 1.82) is 0 Å². The van der Waals surface area contributed by atoms with Gasteiger partial charge in [-0.3, -0.25) is 4.90 Å². The van der Waals surface area contributed by atoms with E-state index in [0.29, 0.717) is 5.15 Å². The predicted molar refractivity (Wildman–Crippen MR) is 53.1 cm³/mol. The largest absolute Gasteiger partial charge is 0.379 e. The van der Waals surface area contributed by atoms with Crippen LogP contribution >= 0.6 is 11.6 Å². The monoisotopic (exact) mass is 213 g/mol. The van der Waals surface area contributed by atoms with Gasteiger partial charge in [0.15, 0.2) is 0 Å². The molecule has 1 saturated heterocycles. The number of aromatic nitrogens is 2. The van der Waals surface area contributed by atoms with Gasteiger partial charge in [-0.05, 0) is 6.07 Å². The summed E-state index contributed by atoms with van der Waals surface area (Å²) in [5.74, 6) is 0. The highest BCUT2D eigenvalue weighted by atomic mass is 35.5. The Hall–Kier alpha value is -0.710. The highest BCUT2D eigenvalue weighted by Crippen LogP contribution is 2.08. The van der Waals surface area contributed by atoms with Gasteiger partial charge in [-0.1, -0.05) is 11.6 Å². The van der Waals surface area contributed by atoms with Gasteiger partial charge < -0.3 is 4.74 Å². The van der Waals surface area contributed by atoms with Gasteiger partial charge in [-0.2, -0.15) is 0 Å². The Bertz CT molecular complexity index is 302. The number of ether oxygens (including phenoxy) is 1. The maximum Gasteiger partial charge on any atom is 0.132 e. The molecule has 0 atom stereocenters. The zero-order valence-electron chi connectivity index (χ0n) is 7.82. The fourth-order valence-electron chi connectivity index (χ4n) is 1.45. The first kappa shape index (κ1) is 9.83. The van der Waals surface area contributed by atoms with Crippen molar-refractivity contribution in [1.82, 2.24) is 14.9 Å². The van der Waals surface area contributed by atoms with Crippen molar-refractivity contribution in [2.45, 2.75) is 6.54 Å². The van der Waals surface area contributed by atoms with Crippen molar-refractivity contribution < 1.29 is 4.74 Å². The van der Waals surface area contributed by atoms with Crippen LogP contribution in [-0.2, 0) is 11.3 Å². The van der Waals surface area contributed by atoms with E-state index in [1.165, 1.54) is 6.33 Å². The maximum atomic E-state index is 5.77. The average molecular weight is 214 g/mol. The van der Waals surface area contributed by atoms with Crippen LogP contribution in [0.3, 0.4) is 0 Å². The van der Waals surface area contributed by atoms with Crippen LogP contribution in [0.1, 0.15) is 5.69 Å². The second kappa shape index (κ2) is 4.68. The van der Waals surface area contributed by atoms with Crippen LogP contribution in [0.25, 0.3) is 0 Å². The molecular weight excluding hydrogens is 202 g/mol. The average Bonchev–Trinajstić information content (AvgIpc) is 2.19. The third kappa shape index (κ3) is 2.64. The molecule has 4 nitrogen and oxygen atoms in total. The van der Waals surface area contributed by atoms with E-state index in [0.717, 1.165) is 38.5 Å². The number of rotatable bonds is 2. The van der Waals surface area contributed by atoms with Crippen LogP contribution in [0.2, 0.25) is 5.15 Å². The Morgan fingerprint density at radius 3 is 2.86 bits per heavy atom. The van der Waals surface area contributed by atoms with Crippen LogP contribution < -0.4 is 0 Å². The second-order valence-corrected chi connectivity index (χ2v) is 3.61. The Balaban J connectivity index is 1.95. The lowest BCUT2D eigenvalue weighted by Gasteiger charge is -2.25. The minimum absolute atomic E-state index is 0.503. The number of morpholine rings is 1. The minimum Gasteiger partial charge on any atom is -0.379 e. The molecule has 0 amide bonds. The van der Waals surface area contributed by atoms with E-state index in [2.05, 4.69) is 14.9 Å². The van der Waals surface area contributed by atoms with Crippen LogP contribution in [0, 0.1) is 0 Å². The van der Waals surface area contributed by atoms with Crippen molar-refractivity contribution in [2.75, 3.05) is 26.3 Å². The Labute approximate surface area is 87.9 Å². The molecule has 0 aliphatic carbocycles. The fourth-order valence-corrected chi connectivity index (χ4v) is 1.61. The van der Waals surface area contributed by atoms with E-state index >= 15 is 0 Å². The van der Waals surface area contributed by atoms with Crippen molar-refractivity contribution in [3.63, 3.8) is 0 Å². The summed E-state index contributed by atoms with van der Waals surface area (Å²) in [6.07, 6.45) is 1.50. The van der Waals surface area contributed by atoms with E-state index in [-0.39, 0.29) is 0 Å². The summed E-state index contributed by atoms with van der Waals surface area (Å²) >= 11 is 5.77. The van der Waals surface area contributed by atoms with Gasteiger partial charge in [0, 0.05) is 19.6 Å². The molecule has 0 radical (unpaired) electrons. The van der Waals surface area contributed by atoms with Crippen LogP contribution in [0.5, 0.6) is 0 Å². The summed E-state index contributed by atoms with van der Waals surface area (Å²) in [5, 5.41) is 0.503. The topological polar surface area (TPSA) is 38.2 Å². The summed E-state index contributed by atoms with van der Waals surface area (Å²) in [4.78, 5) is 10.3. The summed E-state index contributed by atoms with van der Waals surface area (Å²) < 4.78 is 5.26. The molecule has 0 bridgehead atoms. The lowest BCUT2D eigenvalue weighted by atomic mass is 10.3. The Morgan fingerprint density at radius 2 is 2.14 bits per heavy atom. The lowest BCUT2D eigenvalue weighted by molar-refractivity contribution is 0.0336. The molecule has 0 aromatic carbocycles. The van der Waals surface area contributed by atoms with Crippen molar-refractivity contribution in [3.8, 4) is 0 Å². The molecule has 76 valence electrons. The van der Waals surface area contributed by atoms with Crippen LogP contribution in [0.4, 0.5) is 0 Å². The summed E-state index contributed by atoms with van der Waals surface area (Å²) in [6, 6.07) is 1.80. The zero-order chi connectivity index (χ0) is 9.80. The molecule has 1 fully saturated rings. The SMILES string of the molecule is Clc1cc(CN2CCOCC2)ncn1. The van der Waals surface area contributed by atoms with E-state index in [4.69, 9.17) is 16.3 Å². The molecule has 0 saturated carbocycles. The minimum atomic E-state index is 0.503. The second-order valence-electron chi connectivity index (χ2n) is 3.22. The summed E-state index contributed by atoms with van der Waals surface area (Å²) in [7, 11) is 0. The predicted octanol–water partition coefficient (Wildman–Crippen LogP) is 0.962. The zero-order valence-corrected chi connectivity index (χ0v) is 8.57. The van der Waals surface area contributed by atoms with Gasteiger partial charge >= 0.3 is 0 Å². The summed E-state index contributed by atoms with van der Waals surface area (Å²) in [5.41, 5.74) is 0.965. The molecule has 1 aromatic heterocycles. The number of nitrogens with zero attached hydrogens (tertiary/aromatic N) is 3. The van der Waals surface area contributed by atoms with Crippen molar-refractivity contribution >= 4 is 11.6 Å². The molecule has 1 aliphatic heterocycles. The fraction of sp³-hybridized carbons (Fsp3) is 0.556. The molecule has 0 N–H and O–H groups in total. The van der Waals surface area contributed by atoms with E-state index in [1.807, 2.05) is 0 Å². The Kier molecular flexibility index (Phi) is 3.29. The normalized spacial score (nSPS) is 18.4. The van der Waals surface area contributed by atoms with Gasteiger partial charge in [0.25, 0.3) is 0 Å². The van der Waals surface area contributed by atoms with Gasteiger partial charge in [-0.25, -0.2) is 9.97 Å². The molecule has 5 heteroatoms. The van der Waals surface area contributed by atoms with Crippen molar-refractivity contribution in [3.05, 3.63) is 23.2 Å². The number of hydrogen-bond acceptors (Lipinski definition) is 4. The molecule has 0 spiro atoms. The first-order valence-electron chi connectivity index (χ1n) is 4.61. The van der Waals surface area contributed by atoms with Gasteiger partial charge in [-0.15, -0.1) is 0 Å². The molecule has 14 heavy (non-hydrogen) atoms. The third-order valence-electron chi connectivity index (χ3n) is 2.18.